The molecule has 0 bridgehead atoms. The summed E-state index contributed by atoms with van der Waals surface area (Å²) in [6.45, 7) is -0.778. The van der Waals surface area contributed by atoms with Crippen molar-refractivity contribution in [2.45, 2.75) is 37.3 Å². The summed E-state index contributed by atoms with van der Waals surface area (Å²) in [6.07, 6.45) is -6.67. The summed E-state index contributed by atoms with van der Waals surface area (Å²) in [5.41, 5.74) is 0.490. The predicted octanol–water partition coefficient (Wildman–Crippen LogP) is -1.64. The molecule has 2 rings (SSSR count). The van der Waals surface area contributed by atoms with E-state index >= 15 is 0 Å². The highest BCUT2D eigenvalue weighted by Gasteiger charge is 2.44. The van der Waals surface area contributed by atoms with Crippen molar-refractivity contribution in [3.63, 3.8) is 0 Å². The maximum absolute atomic E-state index is 9.84. The lowest BCUT2D eigenvalue weighted by molar-refractivity contribution is -0.277. The van der Waals surface area contributed by atoms with Crippen molar-refractivity contribution in [2.75, 3.05) is 6.61 Å². The lowest BCUT2D eigenvalue weighted by Gasteiger charge is -2.39. The number of ether oxygens (including phenoxy) is 2. The van der Waals surface area contributed by atoms with Gasteiger partial charge in [0.25, 0.3) is 0 Å². The predicted molar refractivity (Wildman–Crippen MR) is 66.8 cm³/mol. The molecule has 0 radical (unpaired) electrons. The lowest BCUT2D eigenvalue weighted by Crippen LogP contribution is -2.60. The molecule has 1 heterocycles. The van der Waals surface area contributed by atoms with E-state index in [1.807, 2.05) is 0 Å². The highest BCUT2D eigenvalue weighted by molar-refractivity contribution is 5.32. The average molecular weight is 286 g/mol. The van der Waals surface area contributed by atoms with E-state index in [1.54, 1.807) is 24.3 Å². The Morgan fingerprint density at radius 2 is 1.70 bits per heavy atom. The summed E-state index contributed by atoms with van der Waals surface area (Å²) >= 11 is 0. The van der Waals surface area contributed by atoms with Crippen molar-refractivity contribution in [2.24, 2.45) is 0 Å². The van der Waals surface area contributed by atoms with Crippen molar-refractivity contribution in [3.8, 4) is 5.75 Å². The third-order valence-corrected chi connectivity index (χ3v) is 3.23. The van der Waals surface area contributed by atoms with Crippen molar-refractivity contribution in [3.05, 3.63) is 29.8 Å². The molecule has 1 fully saturated rings. The molecular formula is C13H18O7. The maximum Gasteiger partial charge on any atom is 0.229 e. The fourth-order valence-electron chi connectivity index (χ4n) is 2.04. The van der Waals surface area contributed by atoms with Gasteiger partial charge in [0.2, 0.25) is 6.29 Å². The van der Waals surface area contributed by atoms with Crippen molar-refractivity contribution in [1.29, 1.82) is 0 Å². The van der Waals surface area contributed by atoms with Crippen LogP contribution in [0.3, 0.4) is 0 Å². The molecule has 20 heavy (non-hydrogen) atoms. The molecular weight excluding hydrogens is 268 g/mol. The molecule has 5 N–H and O–H groups in total. The summed E-state index contributed by atoms with van der Waals surface area (Å²) in [5, 5.41) is 47.4. The normalized spacial score (nSPS) is 34.0. The minimum Gasteiger partial charge on any atom is -0.462 e. The molecule has 0 aromatic heterocycles. The smallest absolute Gasteiger partial charge is 0.229 e. The van der Waals surface area contributed by atoms with Gasteiger partial charge in [-0.05, 0) is 6.07 Å². The van der Waals surface area contributed by atoms with E-state index in [-0.39, 0.29) is 6.61 Å². The molecule has 1 aliphatic rings. The Morgan fingerprint density at radius 1 is 1.00 bits per heavy atom. The van der Waals surface area contributed by atoms with Gasteiger partial charge in [-0.1, -0.05) is 18.2 Å². The Bertz CT molecular complexity index is 436. The van der Waals surface area contributed by atoms with Crippen LogP contribution in [0.25, 0.3) is 0 Å². The molecule has 1 aromatic rings. The van der Waals surface area contributed by atoms with Crippen molar-refractivity contribution >= 4 is 0 Å². The SMILES string of the molecule is OCc1ccccc1OC1OC(CO)[C@H](O)C(O)C1O. The van der Waals surface area contributed by atoms with Gasteiger partial charge in [-0.3, -0.25) is 0 Å². The Hall–Kier alpha value is -1.22. The van der Waals surface area contributed by atoms with Crippen LogP contribution in [-0.2, 0) is 11.3 Å². The molecule has 1 aliphatic heterocycles. The minimum atomic E-state index is -1.49. The van der Waals surface area contributed by atoms with Crippen LogP contribution >= 0.6 is 0 Å². The number of aliphatic hydroxyl groups excluding tert-OH is 5. The first-order valence-corrected chi connectivity index (χ1v) is 6.24. The van der Waals surface area contributed by atoms with Crippen LogP contribution in [0.5, 0.6) is 5.75 Å². The molecule has 4 unspecified atom stereocenters. The van der Waals surface area contributed by atoms with Gasteiger partial charge in [0.1, 0.15) is 30.2 Å². The first-order chi connectivity index (χ1) is 9.58. The number of hydrogen-bond acceptors (Lipinski definition) is 7. The largest absolute Gasteiger partial charge is 0.462 e. The molecule has 7 nitrogen and oxygen atoms in total. The second-order valence-electron chi connectivity index (χ2n) is 4.58. The summed E-state index contributed by atoms with van der Waals surface area (Å²) in [6, 6.07) is 6.61. The van der Waals surface area contributed by atoms with E-state index in [0.29, 0.717) is 11.3 Å². The highest BCUT2D eigenvalue weighted by Crippen LogP contribution is 2.26. The summed E-state index contributed by atoms with van der Waals surface area (Å²) in [4.78, 5) is 0. The second-order valence-corrected chi connectivity index (χ2v) is 4.58. The molecule has 7 heteroatoms. The van der Waals surface area contributed by atoms with Gasteiger partial charge < -0.3 is 35.0 Å². The number of aliphatic hydroxyl groups is 5. The van der Waals surface area contributed by atoms with Crippen LogP contribution in [-0.4, -0.2) is 62.8 Å². The Kier molecular flexibility index (Phi) is 4.92. The molecule has 1 saturated heterocycles. The van der Waals surface area contributed by atoms with Crippen LogP contribution in [0.4, 0.5) is 0 Å². The molecule has 0 saturated carbocycles. The van der Waals surface area contributed by atoms with E-state index in [4.69, 9.17) is 14.6 Å². The Morgan fingerprint density at radius 3 is 2.35 bits per heavy atom. The molecule has 0 amide bonds. The Balaban J connectivity index is 2.15. The van der Waals surface area contributed by atoms with Gasteiger partial charge in [-0.15, -0.1) is 0 Å². The fraction of sp³-hybridized carbons (Fsp3) is 0.538. The zero-order valence-electron chi connectivity index (χ0n) is 10.7. The second kappa shape index (κ2) is 6.49. The van der Waals surface area contributed by atoms with Gasteiger partial charge in [-0.25, -0.2) is 0 Å². The third-order valence-electron chi connectivity index (χ3n) is 3.23. The van der Waals surface area contributed by atoms with Crippen LogP contribution < -0.4 is 4.74 Å². The number of benzene rings is 1. The van der Waals surface area contributed by atoms with Gasteiger partial charge in [0, 0.05) is 5.56 Å². The zero-order valence-corrected chi connectivity index (χ0v) is 10.7. The van der Waals surface area contributed by atoms with Crippen LogP contribution in [0.15, 0.2) is 24.3 Å². The highest BCUT2D eigenvalue weighted by atomic mass is 16.7. The third kappa shape index (κ3) is 2.93. The van der Waals surface area contributed by atoms with Crippen LogP contribution in [0, 0.1) is 0 Å². The molecule has 112 valence electrons. The van der Waals surface area contributed by atoms with Crippen molar-refractivity contribution < 1.29 is 35.0 Å². The van der Waals surface area contributed by atoms with Gasteiger partial charge >= 0.3 is 0 Å². The van der Waals surface area contributed by atoms with Crippen LogP contribution in [0.2, 0.25) is 0 Å². The summed E-state index contributed by atoms with van der Waals surface area (Å²) in [5.74, 6) is 0.291. The zero-order chi connectivity index (χ0) is 14.7. The van der Waals surface area contributed by atoms with Crippen LogP contribution in [0.1, 0.15) is 5.56 Å². The average Bonchev–Trinajstić information content (AvgIpc) is 2.48. The van der Waals surface area contributed by atoms with E-state index in [0.717, 1.165) is 0 Å². The Labute approximate surface area is 115 Å². The first kappa shape index (κ1) is 15.2. The standard InChI is InChI=1S/C13H18O7/c14-5-7-3-1-2-4-8(7)19-13-12(18)11(17)10(16)9(6-15)20-13/h1-4,9-18H,5-6H2/t9?,10-,11?,12?,13?/m0/s1. The molecule has 0 aliphatic carbocycles. The monoisotopic (exact) mass is 286 g/mol. The topological polar surface area (TPSA) is 120 Å². The van der Waals surface area contributed by atoms with E-state index in [2.05, 4.69) is 0 Å². The molecule has 5 atom stereocenters. The number of rotatable bonds is 4. The molecule has 1 aromatic carbocycles. The molecule has 0 spiro atoms. The quantitative estimate of drug-likeness (QED) is 0.450. The number of hydrogen-bond donors (Lipinski definition) is 5. The fourth-order valence-corrected chi connectivity index (χ4v) is 2.04. The first-order valence-electron chi connectivity index (χ1n) is 6.24. The van der Waals surface area contributed by atoms with E-state index in [1.165, 1.54) is 0 Å². The van der Waals surface area contributed by atoms with Crippen molar-refractivity contribution in [1.82, 2.24) is 0 Å². The van der Waals surface area contributed by atoms with Gasteiger partial charge in [0.15, 0.2) is 0 Å². The minimum absolute atomic E-state index is 0.256. The number of para-hydroxylation sites is 1. The summed E-state index contributed by atoms with van der Waals surface area (Å²) < 4.78 is 10.6. The van der Waals surface area contributed by atoms with Gasteiger partial charge in [-0.2, -0.15) is 0 Å². The van der Waals surface area contributed by atoms with Gasteiger partial charge in [0.05, 0.1) is 13.2 Å². The lowest BCUT2D eigenvalue weighted by atomic mass is 9.99. The van der Waals surface area contributed by atoms with E-state index in [9.17, 15) is 20.4 Å². The maximum atomic E-state index is 9.84. The van der Waals surface area contributed by atoms with E-state index < -0.39 is 37.3 Å². The summed E-state index contributed by atoms with van der Waals surface area (Å²) in [7, 11) is 0.